The third-order valence-electron chi connectivity index (χ3n) is 5.13. The molecular weight excluding hydrogens is 240 g/mol. The second-order valence-corrected chi connectivity index (χ2v) is 7.02. The molecule has 2 aliphatic rings. The van der Waals surface area contributed by atoms with Crippen molar-refractivity contribution in [1.29, 1.82) is 0 Å². The molecule has 3 heteroatoms. The molecule has 2 saturated carbocycles. The highest BCUT2D eigenvalue weighted by molar-refractivity contribution is 4.94. The summed E-state index contributed by atoms with van der Waals surface area (Å²) in [6.45, 7) is 6.72. The lowest BCUT2D eigenvalue weighted by molar-refractivity contribution is -0.143. The van der Waals surface area contributed by atoms with Crippen LogP contribution in [0.4, 0.5) is 0 Å². The van der Waals surface area contributed by atoms with Crippen LogP contribution in [0.5, 0.6) is 0 Å². The van der Waals surface area contributed by atoms with Crippen molar-refractivity contribution >= 4 is 0 Å². The van der Waals surface area contributed by atoms with Gasteiger partial charge < -0.3 is 14.2 Å². The van der Waals surface area contributed by atoms with Gasteiger partial charge in [-0.2, -0.15) is 0 Å². The molecule has 2 aliphatic carbocycles. The van der Waals surface area contributed by atoms with E-state index in [4.69, 9.17) is 14.2 Å². The molecule has 112 valence electrons. The van der Waals surface area contributed by atoms with Gasteiger partial charge in [0.25, 0.3) is 0 Å². The van der Waals surface area contributed by atoms with Gasteiger partial charge in [-0.3, -0.25) is 0 Å². The first-order valence-electron chi connectivity index (χ1n) is 7.66. The van der Waals surface area contributed by atoms with Gasteiger partial charge in [0.05, 0.1) is 25.4 Å². The Kier molecular flexibility index (Phi) is 4.91. The molecule has 0 aromatic heterocycles. The molecule has 0 amide bonds. The number of hydrogen-bond donors (Lipinski definition) is 0. The van der Waals surface area contributed by atoms with Crippen molar-refractivity contribution in [2.24, 2.45) is 17.3 Å². The molecule has 0 N–H and O–H groups in total. The molecule has 0 atom stereocenters. The van der Waals surface area contributed by atoms with Crippen molar-refractivity contribution in [3.63, 3.8) is 0 Å². The van der Waals surface area contributed by atoms with E-state index in [1.54, 1.807) is 14.2 Å². The minimum absolute atomic E-state index is 0.0104. The van der Waals surface area contributed by atoms with Crippen LogP contribution in [0.3, 0.4) is 0 Å². The molecular formula is C16H30O3. The van der Waals surface area contributed by atoms with Crippen molar-refractivity contribution < 1.29 is 14.2 Å². The molecule has 19 heavy (non-hydrogen) atoms. The summed E-state index contributed by atoms with van der Waals surface area (Å²) in [4.78, 5) is 0. The molecule has 0 bridgehead atoms. The SMILES string of the molecule is COCC(COC)(COC(C)(C)C1CC1)C1CCC1. The van der Waals surface area contributed by atoms with Crippen LogP contribution in [0.2, 0.25) is 0 Å². The van der Waals surface area contributed by atoms with Gasteiger partial charge in [0, 0.05) is 19.6 Å². The maximum absolute atomic E-state index is 6.32. The second kappa shape index (κ2) is 6.11. The van der Waals surface area contributed by atoms with E-state index in [-0.39, 0.29) is 11.0 Å². The zero-order valence-corrected chi connectivity index (χ0v) is 13.0. The van der Waals surface area contributed by atoms with Crippen LogP contribution >= 0.6 is 0 Å². The number of hydrogen-bond acceptors (Lipinski definition) is 3. The van der Waals surface area contributed by atoms with E-state index in [0.717, 1.165) is 25.7 Å². The van der Waals surface area contributed by atoms with Crippen molar-refractivity contribution in [2.75, 3.05) is 34.0 Å². The average Bonchev–Trinajstić information content (AvgIpc) is 3.09. The van der Waals surface area contributed by atoms with Gasteiger partial charge in [-0.25, -0.2) is 0 Å². The van der Waals surface area contributed by atoms with Crippen molar-refractivity contribution in [3.8, 4) is 0 Å². The van der Waals surface area contributed by atoms with E-state index < -0.39 is 0 Å². The molecule has 0 unspecified atom stereocenters. The fourth-order valence-corrected chi connectivity index (χ4v) is 3.30. The third kappa shape index (κ3) is 3.50. The minimum atomic E-state index is 0.0104. The van der Waals surface area contributed by atoms with Gasteiger partial charge in [-0.1, -0.05) is 6.42 Å². The van der Waals surface area contributed by atoms with Gasteiger partial charge in [-0.05, 0) is 51.4 Å². The number of ether oxygens (including phenoxy) is 3. The van der Waals surface area contributed by atoms with Crippen molar-refractivity contribution in [2.45, 2.75) is 51.6 Å². The van der Waals surface area contributed by atoms with Gasteiger partial charge in [0.15, 0.2) is 0 Å². The topological polar surface area (TPSA) is 27.7 Å². The maximum Gasteiger partial charge on any atom is 0.0654 e. The smallest absolute Gasteiger partial charge is 0.0654 e. The van der Waals surface area contributed by atoms with Gasteiger partial charge in [-0.15, -0.1) is 0 Å². The van der Waals surface area contributed by atoms with E-state index in [9.17, 15) is 0 Å². The molecule has 0 saturated heterocycles. The van der Waals surface area contributed by atoms with Crippen LogP contribution in [0.1, 0.15) is 46.0 Å². The molecule has 0 spiro atoms. The van der Waals surface area contributed by atoms with Crippen LogP contribution in [0.15, 0.2) is 0 Å². The molecule has 3 nitrogen and oxygen atoms in total. The van der Waals surface area contributed by atoms with Crippen LogP contribution < -0.4 is 0 Å². The Morgan fingerprint density at radius 2 is 1.42 bits per heavy atom. The summed E-state index contributed by atoms with van der Waals surface area (Å²) >= 11 is 0. The molecule has 2 rings (SSSR count). The van der Waals surface area contributed by atoms with E-state index in [2.05, 4.69) is 13.8 Å². The normalized spacial score (nSPS) is 21.5. The zero-order valence-electron chi connectivity index (χ0n) is 13.0. The molecule has 0 aliphatic heterocycles. The first-order valence-corrected chi connectivity index (χ1v) is 7.66. The predicted octanol–water partition coefficient (Wildman–Crippen LogP) is 3.27. The highest BCUT2D eigenvalue weighted by Crippen LogP contribution is 2.46. The molecule has 0 aromatic rings. The van der Waals surface area contributed by atoms with Gasteiger partial charge in [0.2, 0.25) is 0 Å². The summed E-state index contributed by atoms with van der Waals surface area (Å²) in [5, 5.41) is 0. The largest absolute Gasteiger partial charge is 0.384 e. The number of rotatable bonds is 9. The Morgan fingerprint density at radius 1 is 0.842 bits per heavy atom. The van der Waals surface area contributed by atoms with Crippen LogP contribution in [-0.4, -0.2) is 39.6 Å². The van der Waals surface area contributed by atoms with Crippen molar-refractivity contribution in [1.82, 2.24) is 0 Å². The standard InChI is InChI=1S/C16H30O3/c1-15(2,13-8-9-13)19-12-16(10-17-3,11-18-4)14-6-5-7-14/h13-14H,5-12H2,1-4H3. The molecule has 0 heterocycles. The molecule has 0 aromatic carbocycles. The first-order chi connectivity index (χ1) is 9.04. The van der Waals surface area contributed by atoms with Crippen LogP contribution in [0.25, 0.3) is 0 Å². The second-order valence-electron chi connectivity index (χ2n) is 7.02. The Morgan fingerprint density at radius 3 is 1.79 bits per heavy atom. The highest BCUT2D eigenvalue weighted by atomic mass is 16.5. The zero-order chi connectivity index (χ0) is 13.9. The number of methoxy groups -OCH3 is 2. The van der Waals surface area contributed by atoms with E-state index in [1.807, 2.05) is 0 Å². The minimum Gasteiger partial charge on any atom is -0.384 e. The van der Waals surface area contributed by atoms with E-state index in [0.29, 0.717) is 5.92 Å². The van der Waals surface area contributed by atoms with Gasteiger partial charge >= 0.3 is 0 Å². The van der Waals surface area contributed by atoms with E-state index >= 15 is 0 Å². The lowest BCUT2D eigenvalue weighted by Crippen LogP contribution is -2.48. The summed E-state index contributed by atoms with van der Waals surface area (Å²) in [6, 6.07) is 0. The summed E-state index contributed by atoms with van der Waals surface area (Å²) < 4.78 is 17.3. The summed E-state index contributed by atoms with van der Waals surface area (Å²) in [6.07, 6.45) is 6.56. The summed E-state index contributed by atoms with van der Waals surface area (Å²) in [5.74, 6) is 1.44. The van der Waals surface area contributed by atoms with Crippen LogP contribution in [-0.2, 0) is 14.2 Å². The summed E-state index contributed by atoms with van der Waals surface area (Å²) in [7, 11) is 3.57. The fraction of sp³-hybridized carbons (Fsp3) is 1.00. The first kappa shape index (κ1) is 15.3. The average molecular weight is 270 g/mol. The Balaban J connectivity index is 1.98. The fourth-order valence-electron chi connectivity index (χ4n) is 3.30. The monoisotopic (exact) mass is 270 g/mol. The predicted molar refractivity (Wildman–Crippen MR) is 76.3 cm³/mol. The van der Waals surface area contributed by atoms with E-state index in [1.165, 1.54) is 32.1 Å². The van der Waals surface area contributed by atoms with Gasteiger partial charge in [0.1, 0.15) is 0 Å². The molecule has 0 radical (unpaired) electrons. The maximum atomic E-state index is 6.32. The third-order valence-corrected chi connectivity index (χ3v) is 5.13. The quantitative estimate of drug-likeness (QED) is 0.643. The Labute approximate surface area is 118 Å². The lowest BCUT2D eigenvalue weighted by Gasteiger charge is -2.45. The summed E-state index contributed by atoms with van der Waals surface area (Å²) in [5.41, 5.74) is 0.0599. The highest BCUT2D eigenvalue weighted by Gasteiger charge is 2.46. The Hall–Kier alpha value is -0.120. The molecule has 2 fully saturated rings. The lowest BCUT2D eigenvalue weighted by atomic mass is 9.66. The van der Waals surface area contributed by atoms with Crippen LogP contribution in [0, 0.1) is 17.3 Å². The van der Waals surface area contributed by atoms with Crippen molar-refractivity contribution in [3.05, 3.63) is 0 Å². The Bertz CT molecular complexity index is 274.